The molecule has 0 aliphatic heterocycles. The SMILES string of the molecule is c1ccc(-c2cccc(N(c3ccc(-c4c(-c5ccccc5)nc5ccccn45)cc3)c3cc4ccccc4c4ccccc34)c2)cc1. The Morgan fingerprint density at radius 2 is 1.06 bits per heavy atom. The molecular formula is C45H31N3. The predicted octanol–water partition coefficient (Wildman–Crippen LogP) is 12.1. The molecule has 0 atom stereocenters. The number of hydrogen-bond donors (Lipinski definition) is 0. The van der Waals surface area contributed by atoms with Gasteiger partial charge in [0.1, 0.15) is 5.65 Å². The molecule has 3 nitrogen and oxygen atoms in total. The van der Waals surface area contributed by atoms with Gasteiger partial charge in [0.15, 0.2) is 0 Å². The third-order valence-electron chi connectivity index (χ3n) is 9.17. The second-order valence-electron chi connectivity index (χ2n) is 12.1. The summed E-state index contributed by atoms with van der Waals surface area (Å²) >= 11 is 0. The van der Waals surface area contributed by atoms with Crippen LogP contribution in [0.2, 0.25) is 0 Å². The van der Waals surface area contributed by atoms with Gasteiger partial charge in [-0.2, -0.15) is 0 Å². The molecule has 0 aliphatic carbocycles. The summed E-state index contributed by atoms with van der Waals surface area (Å²) in [6.45, 7) is 0. The Labute approximate surface area is 279 Å². The highest BCUT2D eigenvalue weighted by atomic mass is 15.1. The lowest BCUT2D eigenvalue weighted by atomic mass is 9.98. The van der Waals surface area contributed by atoms with Crippen LogP contribution in [0.3, 0.4) is 0 Å². The van der Waals surface area contributed by atoms with Crippen molar-refractivity contribution < 1.29 is 0 Å². The van der Waals surface area contributed by atoms with Crippen LogP contribution in [0.5, 0.6) is 0 Å². The second-order valence-corrected chi connectivity index (χ2v) is 12.1. The number of imidazole rings is 1. The molecule has 7 aromatic carbocycles. The fourth-order valence-electron chi connectivity index (χ4n) is 6.94. The first-order chi connectivity index (χ1) is 23.8. The topological polar surface area (TPSA) is 20.5 Å². The number of pyridine rings is 1. The Kier molecular flexibility index (Phi) is 6.80. The molecule has 48 heavy (non-hydrogen) atoms. The van der Waals surface area contributed by atoms with Crippen molar-refractivity contribution in [2.24, 2.45) is 0 Å². The molecule has 0 bridgehead atoms. The van der Waals surface area contributed by atoms with E-state index in [-0.39, 0.29) is 0 Å². The lowest BCUT2D eigenvalue weighted by Gasteiger charge is -2.28. The summed E-state index contributed by atoms with van der Waals surface area (Å²) in [5, 5.41) is 4.92. The first-order valence-corrected chi connectivity index (χ1v) is 16.3. The molecule has 0 aliphatic rings. The Morgan fingerprint density at radius 3 is 1.85 bits per heavy atom. The van der Waals surface area contributed by atoms with E-state index in [0.717, 1.165) is 45.2 Å². The van der Waals surface area contributed by atoms with Crippen LogP contribution in [-0.2, 0) is 0 Å². The molecule has 9 rings (SSSR count). The maximum absolute atomic E-state index is 5.07. The van der Waals surface area contributed by atoms with Crippen molar-refractivity contribution in [2.45, 2.75) is 0 Å². The summed E-state index contributed by atoms with van der Waals surface area (Å²) in [6.07, 6.45) is 2.10. The summed E-state index contributed by atoms with van der Waals surface area (Å²) in [6, 6.07) is 64.8. The lowest BCUT2D eigenvalue weighted by molar-refractivity contribution is 1.19. The minimum atomic E-state index is 0.928. The Hall–Kier alpha value is -6.45. The van der Waals surface area contributed by atoms with Crippen molar-refractivity contribution in [3.8, 4) is 33.6 Å². The van der Waals surface area contributed by atoms with Gasteiger partial charge >= 0.3 is 0 Å². The summed E-state index contributed by atoms with van der Waals surface area (Å²) in [4.78, 5) is 7.47. The highest BCUT2D eigenvalue weighted by Crippen LogP contribution is 2.43. The summed E-state index contributed by atoms with van der Waals surface area (Å²) in [5.41, 5.74) is 10.9. The van der Waals surface area contributed by atoms with Crippen LogP contribution in [0.25, 0.3) is 60.8 Å². The Bertz CT molecular complexity index is 2550. The predicted molar refractivity (Wildman–Crippen MR) is 201 cm³/mol. The average molecular weight is 614 g/mol. The smallest absolute Gasteiger partial charge is 0.137 e. The largest absolute Gasteiger partial charge is 0.310 e. The highest BCUT2D eigenvalue weighted by molar-refractivity contribution is 6.14. The van der Waals surface area contributed by atoms with E-state index in [4.69, 9.17) is 4.98 Å². The monoisotopic (exact) mass is 613 g/mol. The number of aromatic nitrogens is 2. The molecule has 0 amide bonds. The molecule has 226 valence electrons. The number of rotatable bonds is 6. The maximum Gasteiger partial charge on any atom is 0.137 e. The van der Waals surface area contributed by atoms with Crippen LogP contribution in [0.4, 0.5) is 17.1 Å². The lowest BCUT2D eigenvalue weighted by Crippen LogP contribution is -2.11. The van der Waals surface area contributed by atoms with E-state index >= 15 is 0 Å². The van der Waals surface area contributed by atoms with Crippen LogP contribution in [0.1, 0.15) is 0 Å². The summed E-state index contributed by atoms with van der Waals surface area (Å²) in [5.74, 6) is 0. The van der Waals surface area contributed by atoms with Gasteiger partial charge in [-0.1, -0.05) is 140 Å². The van der Waals surface area contributed by atoms with Crippen LogP contribution in [0.15, 0.2) is 188 Å². The number of fused-ring (bicyclic) bond motifs is 4. The average Bonchev–Trinajstić information content (AvgIpc) is 3.56. The molecule has 0 unspecified atom stereocenters. The van der Waals surface area contributed by atoms with Gasteiger partial charge in [0.05, 0.1) is 17.1 Å². The third-order valence-corrected chi connectivity index (χ3v) is 9.17. The minimum absolute atomic E-state index is 0.928. The summed E-state index contributed by atoms with van der Waals surface area (Å²) < 4.78 is 2.19. The van der Waals surface area contributed by atoms with Crippen molar-refractivity contribution >= 4 is 44.3 Å². The van der Waals surface area contributed by atoms with Gasteiger partial charge in [-0.25, -0.2) is 4.98 Å². The maximum atomic E-state index is 5.07. The van der Waals surface area contributed by atoms with Crippen LogP contribution in [0, 0.1) is 0 Å². The zero-order valence-corrected chi connectivity index (χ0v) is 26.2. The molecule has 2 aromatic heterocycles. The van der Waals surface area contributed by atoms with Gasteiger partial charge in [0.25, 0.3) is 0 Å². The van der Waals surface area contributed by atoms with E-state index < -0.39 is 0 Å². The molecule has 0 fully saturated rings. The number of nitrogens with zero attached hydrogens (tertiary/aromatic N) is 3. The van der Waals surface area contributed by atoms with Crippen LogP contribution < -0.4 is 4.90 Å². The second kappa shape index (κ2) is 11.7. The van der Waals surface area contributed by atoms with Crippen molar-refractivity contribution in [3.05, 3.63) is 188 Å². The molecular weight excluding hydrogens is 583 g/mol. The van der Waals surface area contributed by atoms with Gasteiger partial charge in [0.2, 0.25) is 0 Å². The zero-order chi connectivity index (χ0) is 31.9. The standard InChI is InChI=1S/C45H31N3/c1-3-14-32(15-4-1)35-19-13-20-38(30-35)48(42-31-36-18-7-8-21-39(36)40-22-9-10-23-41(40)42)37-27-25-34(26-28-37)45-44(33-16-5-2-6-17-33)46-43-24-11-12-29-47(43)45/h1-31H. The molecule has 2 heterocycles. The van der Waals surface area contributed by atoms with E-state index in [1.165, 1.54) is 32.7 Å². The third kappa shape index (κ3) is 4.81. The van der Waals surface area contributed by atoms with Crippen LogP contribution in [-0.4, -0.2) is 9.38 Å². The van der Waals surface area contributed by atoms with Gasteiger partial charge in [0, 0.05) is 34.1 Å². The van der Waals surface area contributed by atoms with Gasteiger partial charge < -0.3 is 4.90 Å². The fourth-order valence-corrected chi connectivity index (χ4v) is 6.94. The van der Waals surface area contributed by atoms with Crippen molar-refractivity contribution in [1.29, 1.82) is 0 Å². The minimum Gasteiger partial charge on any atom is -0.310 e. The first kappa shape index (κ1) is 27.8. The summed E-state index contributed by atoms with van der Waals surface area (Å²) in [7, 11) is 0. The van der Waals surface area contributed by atoms with Gasteiger partial charge in [-0.3, -0.25) is 4.40 Å². The first-order valence-electron chi connectivity index (χ1n) is 16.3. The molecule has 0 N–H and O–H groups in total. The quantitative estimate of drug-likeness (QED) is 0.174. The van der Waals surface area contributed by atoms with E-state index in [1.807, 2.05) is 12.1 Å². The fraction of sp³-hybridized carbons (Fsp3) is 0. The molecule has 3 heteroatoms. The number of hydrogen-bond acceptors (Lipinski definition) is 2. The van der Waals surface area contributed by atoms with Crippen LogP contribution >= 0.6 is 0 Å². The van der Waals surface area contributed by atoms with E-state index in [9.17, 15) is 0 Å². The Morgan fingerprint density at radius 1 is 0.417 bits per heavy atom. The van der Waals surface area contributed by atoms with Gasteiger partial charge in [-0.05, 0) is 69.8 Å². The molecule has 9 aromatic rings. The molecule has 0 radical (unpaired) electrons. The Balaban J connectivity index is 1.25. The molecule has 0 spiro atoms. The van der Waals surface area contributed by atoms with E-state index in [0.29, 0.717) is 0 Å². The van der Waals surface area contributed by atoms with Crippen molar-refractivity contribution in [2.75, 3.05) is 4.90 Å². The van der Waals surface area contributed by atoms with Crippen molar-refractivity contribution in [1.82, 2.24) is 9.38 Å². The molecule has 0 saturated carbocycles. The zero-order valence-electron chi connectivity index (χ0n) is 26.2. The van der Waals surface area contributed by atoms with E-state index in [1.54, 1.807) is 0 Å². The van der Waals surface area contributed by atoms with E-state index in [2.05, 4.69) is 185 Å². The number of anilines is 3. The number of benzene rings is 7. The highest BCUT2D eigenvalue weighted by Gasteiger charge is 2.20. The normalized spacial score (nSPS) is 11.3. The van der Waals surface area contributed by atoms with Crippen molar-refractivity contribution in [3.63, 3.8) is 0 Å². The molecule has 0 saturated heterocycles. The van der Waals surface area contributed by atoms with Gasteiger partial charge in [-0.15, -0.1) is 0 Å².